The van der Waals surface area contributed by atoms with Crippen LogP contribution in [-0.2, 0) is 9.59 Å². The van der Waals surface area contributed by atoms with Crippen LogP contribution in [0.1, 0.15) is 0 Å². The van der Waals surface area contributed by atoms with Gasteiger partial charge in [0, 0.05) is 11.6 Å². The van der Waals surface area contributed by atoms with E-state index in [1.165, 1.54) is 6.08 Å². The summed E-state index contributed by atoms with van der Waals surface area (Å²) in [6.45, 7) is 0. The molecule has 3 rings (SSSR count). The molecule has 0 fully saturated rings. The van der Waals surface area contributed by atoms with E-state index < -0.39 is 11.9 Å². The molecule has 0 saturated carbocycles. The van der Waals surface area contributed by atoms with Gasteiger partial charge in [-0.1, -0.05) is 29.7 Å². The van der Waals surface area contributed by atoms with Crippen LogP contribution in [0.25, 0.3) is 0 Å². The van der Waals surface area contributed by atoms with Crippen molar-refractivity contribution in [1.29, 1.82) is 0 Å². The monoisotopic (exact) mass is 276 g/mol. The standard InChI is InChI=1S/C16H8N2O3/c19-15-13(10-11-6-4-5-7-11)14(16(20)21)17-18(15)12-8-2-1-3-9-12/h1-3,6,8-10H,(H,20,21)/b13-10-. The van der Waals surface area contributed by atoms with Crippen molar-refractivity contribution in [2.75, 3.05) is 5.01 Å². The van der Waals surface area contributed by atoms with E-state index in [0.29, 0.717) is 11.3 Å². The van der Waals surface area contributed by atoms with E-state index in [-0.39, 0.29) is 11.3 Å². The number of carboxylic acids is 1. The largest absolute Gasteiger partial charge is 0.476 e. The number of allylic oxidation sites excluding steroid dienone is 3. The average Bonchev–Trinajstić information content (AvgIpc) is 3.10. The molecular formula is C16H8N2O3. The third kappa shape index (κ3) is 2.27. The quantitative estimate of drug-likeness (QED) is 0.676. The van der Waals surface area contributed by atoms with Crippen molar-refractivity contribution < 1.29 is 14.7 Å². The number of carboxylic acid groups (broad SMARTS) is 1. The van der Waals surface area contributed by atoms with Gasteiger partial charge in [-0.25, -0.2) is 4.79 Å². The SMILES string of the molecule is O=C(O)C1=NN(c2ccccc2)C(=O)/C1=C\C1=C=C=C=C1. The van der Waals surface area contributed by atoms with Crippen LogP contribution in [0, 0.1) is 0 Å². The van der Waals surface area contributed by atoms with Crippen LogP contribution < -0.4 is 5.01 Å². The molecule has 2 aliphatic rings. The Morgan fingerprint density at radius 2 is 2.05 bits per heavy atom. The normalized spacial score (nSPS) is 17.6. The minimum Gasteiger partial charge on any atom is -0.476 e. The van der Waals surface area contributed by atoms with E-state index in [1.54, 1.807) is 36.4 Å². The maximum atomic E-state index is 12.4. The lowest BCUT2D eigenvalue weighted by molar-refractivity contribution is -0.129. The third-order valence-electron chi connectivity index (χ3n) is 2.89. The fraction of sp³-hybridized carbons (Fsp3) is 0. The molecule has 1 aliphatic carbocycles. The highest BCUT2D eigenvalue weighted by atomic mass is 16.4. The van der Waals surface area contributed by atoms with Gasteiger partial charge in [0.2, 0.25) is 0 Å². The van der Waals surface area contributed by atoms with Crippen LogP contribution in [0.2, 0.25) is 0 Å². The lowest BCUT2D eigenvalue weighted by Crippen LogP contribution is -2.22. The third-order valence-corrected chi connectivity index (χ3v) is 2.89. The summed E-state index contributed by atoms with van der Waals surface area (Å²) in [7, 11) is 0. The first-order chi connectivity index (χ1) is 10.2. The van der Waals surface area contributed by atoms with E-state index in [0.717, 1.165) is 5.01 Å². The lowest BCUT2D eigenvalue weighted by atomic mass is 10.1. The molecule has 1 aromatic rings. The molecule has 0 atom stereocenters. The van der Waals surface area contributed by atoms with Gasteiger partial charge in [-0.2, -0.15) is 10.1 Å². The molecule has 1 aliphatic heterocycles. The van der Waals surface area contributed by atoms with Crippen molar-refractivity contribution in [3.63, 3.8) is 0 Å². The molecule has 0 aromatic heterocycles. The second kappa shape index (κ2) is 4.97. The number of hydrazone groups is 1. The van der Waals surface area contributed by atoms with Gasteiger partial charge in [-0.3, -0.25) is 4.79 Å². The molecule has 1 N–H and O–H groups in total. The van der Waals surface area contributed by atoms with E-state index >= 15 is 0 Å². The lowest BCUT2D eigenvalue weighted by Gasteiger charge is -2.10. The van der Waals surface area contributed by atoms with Crippen molar-refractivity contribution in [2.45, 2.75) is 0 Å². The summed E-state index contributed by atoms with van der Waals surface area (Å²) >= 11 is 0. The number of amides is 1. The Morgan fingerprint density at radius 1 is 1.29 bits per heavy atom. The van der Waals surface area contributed by atoms with Gasteiger partial charge in [-0.15, -0.1) is 0 Å². The van der Waals surface area contributed by atoms with Crippen LogP contribution in [0.15, 0.2) is 75.9 Å². The molecule has 0 saturated heterocycles. The fourth-order valence-electron chi connectivity index (χ4n) is 1.94. The molecule has 1 aromatic carbocycles. The Labute approximate surface area is 119 Å². The number of hydrogen-bond donors (Lipinski definition) is 1. The number of rotatable bonds is 3. The van der Waals surface area contributed by atoms with Crippen molar-refractivity contribution in [3.8, 4) is 0 Å². The summed E-state index contributed by atoms with van der Waals surface area (Å²) in [5, 5.41) is 14.2. The van der Waals surface area contributed by atoms with E-state index in [1.807, 2.05) is 0 Å². The average molecular weight is 276 g/mol. The van der Waals surface area contributed by atoms with Crippen molar-refractivity contribution >= 4 is 23.3 Å². The van der Waals surface area contributed by atoms with E-state index in [9.17, 15) is 14.7 Å². The van der Waals surface area contributed by atoms with E-state index in [2.05, 4.69) is 22.3 Å². The topological polar surface area (TPSA) is 70.0 Å². The maximum Gasteiger partial charge on any atom is 0.357 e. The van der Waals surface area contributed by atoms with Gasteiger partial charge in [0.25, 0.3) is 5.91 Å². The number of anilines is 1. The molecule has 1 heterocycles. The zero-order valence-corrected chi connectivity index (χ0v) is 10.7. The molecule has 0 spiro atoms. The predicted octanol–water partition coefficient (Wildman–Crippen LogP) is 1.81. The molecule has 5 nitrogen and oxygen atoms in total. The zero-order valence-electron chi connectivity index (χ0n) is 10.7. The first-order valence-corrected chi connectivity index (χ1v) is 6.07. The Bertz CT molecular complexity index is 843. The van der Waals surface area contributed by atoms with Crippen LogP contribution in [0.5, 0.6) is 0 Å². The Hall–Kier alpha value is -3.35. The van der Waals surface area contributed by atoms with Gasteiger partial charge in [-0.05, 0) is 23.9 Å². The summed E-state index contributed by atoms with van der Waals surface area (Å²) in [4.78, 5) is 23.7. The predicted molar refractivity (Wildman–Crippen MR) is 75.7 cm³/mol. The van der Waals surface area contributed by atoms with Gasteiger partial charge >= 0.3 is 5.97 Å². The Balaban J connectivity index is 2.05. The maximum absolute atomic E-state index is 12.4. The highest BCUT2D eigenvalue weighted by Crippen LogP contribution is 2.24. The summed E-state index contributed by atoms with van der Waals surface area (Å²) in [6.07, 6.45) is 2.98. The van der Waals surface area contributed by atoms with E-state index in [4.69, 9.17) is 0 Å². The first-order valence-electron chi connectivity index (χ1n) is 6.07. The van der Waals surface area contributed by atoms with Gasteiger partial charge < -0.3 is 5.11 Å². The number of carbonyl (C=O) groups excluding carboxylic acids is 1. The number of benzene rings is 1. The minimum absolute atomic E-state index is 0.00982. The van der Waals surface area contributed by atoms with Crippen LogP contribution in [0.3, 0.4) is 0 Å². The summed E-state index contributed by atoms with van der Waals surface area (Å²) in [6, 6.07) is 8.65. The Morgan fingerprint density at radius 3 is 2.67 bits per heavy atom. The molecule has 0 bridgehead atoms. The van der Waals surface area contributed by atoms with Crippen molar-refractivity contribution in [1.82, 2.24) is 0 Å². The van der Waals surface area contributed by atoms with Crippen LogP contribution >= 0.6 is 0 Å². The number of aliphatic carboxylic acids is 1. The molecule has 21 heavy (non-hydrogen) atoms. The van der Waals surface area contributed by atoms with Gasteiger partial charge in [0.15, 0.2) is 5.71 Å². The number of para-hydroxylation sites is 1. The molecule has 0 unspecified atom stereocenters. The van der Waals surface area contributed by atoms with Crippen molar-refractivity contribution in [2.24, 2.45) is 5.10 Å². The first kappa shape index (κ1) is 12.7. The van der Waals surface area contributed by atoms with Crippen molar-refractivity contribution in [3.05, 3.63) is 70.8 Å². The van der Waals surface area contributed by atoms with Gasteiger partial charge in [0.05, 0.1) is 11.3 Å². The molecular weight excluding hydrogens is 268 g/mol. The molecule has 0 radical (unpaired) electrons. The number of nitrogens with zero attached hydrogens (tertiary/aromatic N) is 2. The second-order valence-corrected chi connectivity index (χ2v) is 4.26. The van der Waals surface area contributed by atoms with Gasteiger partial charge in [0.1, 0.15) is 0 Å². The highest BCUT2D eigenvalue weighted by Gasteiger charge is 2.35. The fourth-order valence-corrected chi connectivity index (χ4v) is 1.94. The van der Waals surface area contributed by atoms with Crippen LogP contribution in [-0.4, -0.2) is 22.7 Å². The molecule has 1 amide bonds. The smallest absolute Gasteiger partial charge is 0.357 e. The minimum atomic E-state index is -1.26. The Kier molecular flexibility index (Phi) is 3.00. The number of carbonyl (C=O) groups is 2. The van der Waals surface area contributed by atoms with Crippen LogP contribution in [0.4, 0.5) is 5.69 Å². The summed E-state index contributed by atoms with van der Waals surface area (Å²) in [5.41, 5.74) is 8.75. The zero-order chi connectivity index (χ0) is 14.8. The molecule has 5 heteroatoms. The second-order valence-electron chi connectivity index (χ2n) is 4.26. The number of hydrogen-bond acceptors (Lipinski definition) is 3. The summed E-state index contributed by atoms with van der Waals surface area (Å²) < 4.78 is 0. The summed E-state index contributed by atoms with van der Waals surface area (Å²) in [5.74, 6) is -1.75. The highest BCUT2D eigenvalue weighted by molar-refractivity contribution is 6.52. The molecule has 100 valence electrons.